The van der Waals surface area contributed by atoms with E-state index in [1.54, 1.807) is 0 Å². The van der Waals surface area contributed by atoms with Gasteiger partial charge in [-0.2, -0.15) is 0 Å². The van der Waals surface area contributed by atoms with Crippen LogP contribution in [0.25, 0.3) is 0 Å². The molecule has 74 valence electrons. The van der Waals surface area contributed by atoms with Crippen LogP contribution in [0.5, 0.6) is 0 Å². The smallest absolute Gasteiger partial charge is 0.0760 e. The third-order valence-electron chi connectivity index (χ3n) is 2.26. The van der Waals surface area contributed by atoms with Gasteiger partial charge in [0, 0.05) is 0 Å². The van der Waals surface area contributed by atoms with Crippen LogP contribution < -0.4 is 0 Å². The highest BCUT2D eigenvalue weighted by Gasteiger charge is 2.06. The van der Waals surface area contributed by atoms with Gasteiger partial charge >= 0.3 is 0 Å². The first-order chi connectivity index (χ1) is 6.29. The molecule has 0 bridgehead atoms. The summed E-state index contributed by atoms with van der Waals surface area (Å²) in [4.78, 5) is 0. The first-order valence-corrected chi connectivity index (χ1v) is 5.20. The Balaban J connectivity index is 2.23. The quantitative estimate of drug-likeness (QED) is 0.604. The molecule has 0 aromatic carbocycles. The van der Waals surface area contributed by atoms with Crippen LogP contribution in [0.4, 0.5) is 0 Å². The van der Waals surface area contributed by atoms with Crippen molar-refractivity contribution in [2.75, 3.05) is 6.61 Å². The second-order valence-electron chi connectivity index (χ2n) is 3.87. The van der Waals surface area contributed by atoms with Crippen LogP contribution in [0.2, 0.25) is 0 Å². The Morgan fingerprint density at radius 1 is 1.46 bits per heavy atom. The van der Waals surface area contributed by atoms with Crippen LogP contribution in [0.3, 0.4) is 0 Å². The Labute approximate surface area is 81.5 Å². The lowest BCUT2D eigenvalue weighted by molar-refractivity contribution is 0.102. The summed E-state index contributed by atoms with van der Waals surface area (Å²) in [5.74, 6) is 0. The van der Waals surface area contributed by atoms with E-state index in [0.717, 1.165) is 6.61 Å². The van der Waals surface area contributed by atoms with E-state index in [0.29, 0.717) is 6.10 Å². The van der Waals surface area contributed by atoms with Gasteiger partial charge in [0.2, 0.25) is 0 Å². The molecule has 1 aliphatic carbocycles. The lowest BCUT2D eigenvalue weighted by Crippen LogP contribution is -2.08. The standard InChI is InChI=1S/C12H20O/c1-11(2)9-10-13-12-7-5-3-4-6-8-12/h5,7,9,12H,3-4,6,8,10H2,1-2H3/t12-/m0/s1. The van der Waals surface area contributed by atoms with E-state index in [1.165, 1.54) is 31.3 Å². The minimum Gasteiger partial charge on any atom is -0.370 e. The van der Waals surface area contributed by atoms with Gasteiger partial charge in [-0.1, -0.05) is 30.2 Å². The van der Waals surface area contributed by atoms with Gasteiger partial charge in [0.1, 0.15) is 0 Å². The largest absolute Gasteiger partial charge is 0.370 e. The lowest BCUT2D eigenvalue weighted by atomic mass is 10.2. The molecule has 0 saturated carbocycles. The van der Waals surface area contributed by atoms with Gasteiger partial charge < -0.3 is 4.74 Å². The molecule has 1 rings (SSSR count). The molecule has 0 unspecified atom stereocenters. The zero-order valence-corrected chi connectivity index (χ0v) is 8.75. The van der Waals surface area contributed by atoms with Crippen molar-refractivity contribution in [1.29, 1.82) is 0 Å². The highest BCUT2D eigenvalue weighted by Crippen LogP contribution is 2.13. The summed E-state index contributed by atoms with van der Waals surface area (Å²) in [5, 5.41) is 0. The van der Waals surface area contributed by atoms with E-state index < -0.39 is 0 Å². The van der Waals surface area contributed by atoms with Gasteiger partial charge in [0.15, 0.2) is 0 Å². The number of hydrogen-bond donors (Lipinski definition) is 0. The molecule has 0 saturated heterocycles. The molecule has 0 amide bonds. The van der Waals surface area contributed by atoms with Crippen LogP contribution in [0.1, 0.15) is 39.5 Å². The average molecular weight is 180 g/mol. The minimum absolute atomic E-state index is 0.359. The van der Waals surface area contributed by atoms with E-state index in [9.17, 15) is 0 Å². The molecule has 0 aromatic heterocycles. The van der Waals surface area contributed by atoms with Gasteiger partial charge in [-0.05, 0) is 33.1 Å². The molecule has 0 N–H and O–H groups in total. The molecule has 0 aliphatic heterocycles. The van der Waals surface area contributed by atoms with E-state index in [-0.39, 0.29) is 0 Å². The summed E-state index contributed by atoms with van der Waals surface area (Å²) in [6, 6.07) is 0. The average Bonchev–Trinajstić information content (AvgIpc) is 2.32. The molecule has 1 aliphatic rings. The Morgan fingerprint density at radius 3 is 3.08 bits per heavy atom. The van der Waals surface area contributed by atoms with Crippen molar-refractivity contribution in [2.45, 2.75) is 45.6 Å². The van der Waals surface area contributed by atoms with Crippen molar-refractivity contribution in [2.24, 2.45) is 0 Å². The summed E-state index contributed by atoms with van der Waals surface area (Å²) in [6.07, 6.45) is 12.0. The van der Waals surface area contributed by atoms with Gasteiger partial charge in [-0.3, -0.25) is 0 Å². The number of hydrogen-bond acceptors (Lipinski definition) is 1. The first kappa shape index (κ1) is 10.5. The molecule has 0 fully saturated rings. The third-order valence-corrected chi connectivity index (χ3v) is 2.26. The molecule has 1 atom stereocenters. The maximum Gasteiger partial charge on any atom is 0.0760 e. The maximum atomic E-state index is 5.71. The van der Waals surface area contributed by atoms with E-state index >= 15 is 0 Å². The fourth-order valence-electron chi connectivity index (χ4n) is 1.43. The zero-order valence-electron chi connectivity index (χ0n) is 8.75. The molecule has 0 radical (unpaired) electrons. The number of ether oxygens (including phenoxy) is 1. The predicted molar refractivity (Wildman–Crippen MR) is 56.8 cm³/mol. The summed E-state index contributed by atoms with van der Waals surface area (Å²) in [6.45, 7) is 4.97. The molecule has 13 heavy (non-hydrogen) atoms. The van der Waals surface area contributed by atoms with E-state index in [1.807, 2.05) is 0 Å². The normalized spacial score (nSPS) is 22.5. The second-order valence-corrected chi connectivity index (χ2v) is 3.87. The van der Waals surface area contributed by atoms with Gasteiger partial charge in [0.05, 0.1) is 12.7 Å². The third kappa shape index (κ3) is 4.89. The Hall–Kier alpha value is -0.560. The summed E-state index contributed by atoms with van der Waals surface area (Å²) < 4.78 is 5.71. The molecule has 1 nitrogen and oxygen atoms in total. The summed E-state index contributed by atoms with van der Waals surface area (Å²) >= 11 is 0. The highest BCUT2D eigenvalue weighted by molar-refractivity contribution is 4.95. The summed E-state index contributed by atoms with van der Waals surface area (Å²) in [5.41, 5.74) is 1.33. The summed E-state index contributed by atoms with van der Waals surface area (Å²) in [7, 11) is 0. The molecule has 1 heteroatoms. The number of rotatable bonds is 3. The lowest BCUT2D eigenvalue weighted by Gasteiger charge is -2.10. The molecular formula is C12H20O. The van der Waals surface area contributed by atoms with Crippen LogP contribution in [0, 0.1) is 0 Å². The topological polar surface area (TPSA) is 9.23 Å². The van der Waals surface area contributed by atoms with Crippen LogP contribution in [-0.4, -0.2) is 12.7 Å². The molecule has 0 aromatic rings. The van der Waals surface area contributed by atoms with Crippen LogP contribution in [0.15, 0.2) is 23.8 Å². The Bertz CT molecular complexity index is 187. The Kier molecular flexibility index (Phi) is 4.84. The SMILES string of the molecule is CC(C)=CCO[C@H]1C=CCCCC1. The number of allylic oxidation sites excluding steroid dienone is 2. The van der Waals surface area contributed by atoms with Gasteiger partial charge in [-0.15, -0.1) is 0 Å². The minimum atomic E-state index is 0.359. The maximum absolute atomic E-state index is 5.71. The van der Waals surface area contributed by atoms with E-state index in [4.69, 9.17) is 4.74 Å². The van der Waals surface area contributed by atoms with Crippen molar-refractivity contribution < 1.29 is 4.74 Å². The van der Waals surface area contributed by atoms with Gasteiger partial charge in [0.25, 0.3) is 0 Å². The van der Waals surface area contributed by atoms with Crippen molar-refractivity contribution in [3.05, 3.63) is 23.8 Å². The van der Waals surface area contributed by atoms with Crippen LogP contribution in [-0.2, 0) is 4.74 Å². The predicted octanol–water partition coefficient (Wildman–Crippen LogP) is 3.47. The molecule has 0 spiro atoms. The second kappa shape index (κ2) is 5.98. The van der Waals surface area contributed by atoms with Gasteiger partial charge in [-0.25, -0.2) is 0 Å². The fraction of sp³-hybridized carbons (Fsp3) is 0.667. The van der Waals surface area contributed by atoms with Crippen molar-refractivity contribution in [3.8, 4) is 0 Å². The van der Waals surface area contributed by atoms with Crippen LogP contribution >= 0.6 is 0 Å². The molecular weight excluding hydrogens is 160 g/mol. The molecule has 0 heterocycles. The van der Waals surface area contributed by atoms with Crippen molar-refractivity contribution in [3.63, 3.8) is 0 Å². The van der Waals surface area contributed by atoms with Crippen molar-refractivity contribution >= 4 is 0 Å². The van der Waals surface area contributed by atoms with E-state index in [2.05, 4.69) is 32.1 Å². The first-order valence-electron chi connectivity index (χ1n) is 5.20. The monoisotopic (exact) mass is 180 g/mol. The van der Waals surface area contributed by atoms with Crippen molar-refractivity contribution in [1.82, 2.24) is 0 Å². The zero-order chi connectivity index (χ0) is 9.52. The highest BCUT2D eigenvalue weighted by atomic mass is 16.5. The fourth-order valence-corrected chi connectivity index (χ4v) is 1.43. The Morgan fingerprint density at radius 2 is 2.31 bits per heavy atom.